The summed E-state index contributed by atoms with van der Waals surface area (Å²) in [5.74, 6) is 0.981. The van der Waals surface area contributed by atoms with E-state index in [-0.39, 0.29) is 11.7 Å². The lowest BCUT2D eigenvalue weighted by molar-refractivity contribution is 0.0748. The summed E-state index contributed by atoms with van der Waals surface area (Å²) in [6.07, 6.45) is 0.805. The lowest BCUT2D eigenvalue weighted by Crippen LogP contribution is -2.25. The summed E-state index contributed by atoms with van der Waals surface area (Å²) < 4.78 is 10.7. The van der Waals surface area contributed by atoms with Gasteiger partial charge in [0.25, 0.3) is 5.91 Å². The van der Waals surface area contributed by atoms with Crippen LogP contribution in [0.25, 0.3) is 10.9 Å². The SMILES string of the molecule is COCCOc1ccc2c(c1)CN(C(=O)c1cc3c(CC(C)C)n[nH]c3cc1O)C2. The number of benzene rings is 2. The normalized spacial score (nSPS) is 13.3. The first-order valence-corrected chi connectivity index (χ1v) is 10.2. The van der Waals surface area contributed by atoms with E-state index in [1.165, 1.54) is 0 Å². The Balaban J connectivity index is 1.55. The van der Waals surface area contributed by atoms with Crippen molar-refractivity contribution in [3.05, 3.63) is 52.7 Å². The highest BCUT2D eigenvalue weighted by Gasteiger charge is 2.27. The van der Waals surface area contributed by atoms with Crippen LogP contribution in [0.5, 0.6) is 11.5 Å². The number of hydrogen-bond acceptors (Lipinski definition) is 5. The molecule has 3 aromatic rings. The van der Waals surface area contributed by atoms with E-state index >= 15 is 0 Å². The van der Waals surface area contributed by atoms with Gasteiger partial charge in [0.1, 0.15) is 18.1 Å². The van der Waals surface area contributed by atoms with Gasteiger partial charge in [-0.05, 0) is 41.7 Å². The number of aromatic nitrogens is 2. The second kappa shape index (κ2) is 8.36. The predicted molar refractivity (Wildman–Crippen MR) is 114 cm³/mol. The lowest BCUT2D eigenvalue weighted by atomic mass is 10.0. The van der Waals surface area contributed by atoms with Crippen LogP contribution >= 0.6 is 0 Å². The molecule has 0 bridgehead atoms. The highest BCUT2D eigenvalue weighted by atomic mass is 16.5. The van der Waals surface area contributed by atoms with E-state index in [0.29, 0.717) is 37.8 Å². The summed E-state index contributed by atoms with van der Waals surface area (Å²) in [6, 6.07) is 9.22. The topological polar surface area (TPSA) is 87.7 Å². The number of amides is 1. The second-order valence-electron chi connectivity index (χ2n) is 8.12. The number of carbonyl (C=O) groups excluding carboxylic acids is 1. The number of rotatable bonds is 7. The van der Waals surface area contributed by atoms with Crippen molar-refractivity contribution in [2.24, 2.45) is 5.92 Å². The van der Waals surface area contributed by atoms with Crippen molar-refractivity contribution in [1.29, 1.82) is 0 Å². The number of nitrogens with one attached hydrogen (secondary N) is 1. The van der Waals surface area contributed by atoms with E-state index in [9.17, 15) is 9.90 Å². The third-order valence-corrected chi connectivity index (χ3v) is 5.33. The van der Waals surface area contributed by atoms with Crippen LogP contribution in [-0.2, 0) is 24.2 Å². The molecular weight excluding hydrogens is 382 g/mol. The molecule has 0 atom stereocenters. The first kappa shape index (κ1) is 20.2. The quantitative estimate of drug-likeness (QED) is 0.582. The number of aromatic hydroxyl groups is 1. The first-order valence-electron chi connectivity index (χ1n) is 10.2. The van der Waals surface area contributed by atoms with Crippen LogP contribution in [0.3, 0.4) is 0 Å². The van der Waals surface area contributed by atoms with E-state index in [1.807, 2.05) is 18.2 Å². The smallest absolute Gasteiger partial charge is 0.258 e. The Morgan fingerprint density at radius 3 is 2.77 bits per heavy atom. The zero-order chi connectivity index (χ0) is 21.3. The maximum Gasteiger partial charge on any atom is 0.258 e. The first-order chi connectivity index (χ1) is 14.5. The molecule has 2 aromatic carbocycles. The van der Waals surface area contributed by atoms with Crippen molar-refractivity contribution < 1.29 is 19.4 Å². The molecule has 30 heavy (non-hydrogen) atoms. The summed E-state index contributed by atoms with van der Waals surface area (Å²) in [4.78, 5) is 15.0. The fraction of sp³-hybridized carbons (Fsp3) is 0.391. The van der Waals surface area contributed by atoms with Crippen LogP contribution in [0.1, 0.15) is 41.0 Å². The lowest BCUT2D eigenvalue weighted by Gasteiger charge is -2.16. The molecule has 1 aromatic heterocycles. The maximum atomic E-state index is 13.2. The van der Waals surface area contributed by atoms with Gasteiger partial charge >= 0.3 is 0 Å². The van der Waals surface area contributed by atoms with Crippen LogP contribution in [0.2, 0.25) is 0 Å². The average Bonchev–Trinajstić information content (AvgIpc) is 3.30. The fourth-order valence-electron chi connectivity index (χ4n) is 3.84. The van der Waals surface area contributed by atoms with Gasteiger partial charge in [0.15, 0.2) is 0 Å². The van der Waals surface area contributed by atoms with Gasteiger partial charge in [-0.15, -0.1) is 0 Å². The Bertz CT molecular complexity index is 1070. The predicted octanol–water partition coefficient (Wildman–Crippen LogP) is 3.65. The van der Waals surface area contributed by atoms with E-state index in [2.05, 4.69) is 24.0 Å². The molecule has 158 valence electrons. The summed E-state index contributed by atoms with van der Waals surface area (Å²) >= 11 is 0. The monoisotopic (exact) mass is 409 g/mol. The summed E-state index contributed by atoms with van der Waals surface area (Å²) in [6.45, 7) is 6.25. The van der Waals surface area contributed by atoms with Crippen LogP contribution in [-0.4, -0.2) is 46.4 Å². The molecule has 4 rings (SSSR count). The third kappa shape index (κ3) is 3.98. The van der Waals surface area contributed by atoms with Gasteiger partial charge in [0, 0.05) is 31.7 Å². The molecule has 0 saturated carbocycles. The maximum absolute atomic E-state index is 13.2. The van der Waals surface area contributed by atoms with E-state index < -0.39 is 0 Å². The van der Waals surface area contributed by atoms with Crippen molar-refractivity contribution in [3.8, 4) is 11.5 Å². The molecule has 1 aliphatic heterocycles. The minimum atomic E-state index is -0.191. The Hall–Kier alpha value is -3.06. The number of methoxy groups -OCH3 is 1. The van der Waals surface area contributed by atoms with Gasteiger partial charge in [0.05, 0.1) is 23.4 Å². The standard InChI is InChI=1S/C23H27N3O4/c1-14(2)8-20-18-10-19(22(27)11-21(18)25-24-20)23(28)26-12-15-4-5-17(9-16(15)13-26)30-7-6-29-3/h4-5,9-11,14,27H,6-8,12-13H2,1-3H3,(H,24,25). The van der Waals surface area contributed by atoms with Gasteiger partial charge in [-0.2, -0.15) is 5.10 Å². The molecule has 1 amide bonds. The van der Waals surface area contributed by atoms with Crippen LogP contribution in [0.15, 0.2) is 30.3 Å². The second-order valence-corrected chi connectivity index (χ2v) is 8.12. The third-order valence-electron chi connectivity index (χ3n) is 5.33. The number of hydrogen-bond donors (Lipinski definition) is 2. The van der Waals surface area contributed by atoms with Gasteiger partial charge < -0.3 is 19.5 Å². The number of ether oxygens (including phenoxy) is 2. The average molecular weight is 409 g/mol. The summed E-state index contributed by atoms with van der Waals surface area (Å²) in [7, 11) is 1.64. The highest BCUT2D eigenvalue weighted by Crippen LogP contribution is 2.32. The fourth-order valence-corrected chi connectivity index (χ4v) is 3.84. The van der Waals surface area contributed by atoms with Crippen LogP contribution in [0, 0.1) is 5.92 Å². The van der Waals surface area contributed by atoms with Gasteiger partial charge in [0.2, 0.25) is 0 Å². The van der Waals surface area contributed by atoms with Gasteiger partial charge in [-0.3, -0.25) is 9.89 Å². The molecule has 0 spiro atoms. The molecule has 0 aliphatic carbocycles. The number of aromatic amines is 1. The molecule has 0 radical (unpaired) electrons. The summed E-state index contributed by atoms with van der Waals surface area (Å²) in [5, 5.41) is 18.7. The molecule has 0 unspecified atom stereocenters. The van der Waals surface area contributed by atoms with Crippen molar-refractivity contribution in [1.82, 2.24) is 15.1 Å². The number of phenols is 1. The minimum absolute atomic E-state index is 0.0354. The molecular formula is C23H27N3O4. The van der Waals surface area contributed by atoms with E-state index in [0.717, 1.165) is 39.9 Å². The Kier molecular flexibility index (Phi) is 5.63. The Morgan fingerprint density at radius 1 is 1.20 bits per heavy atom. The molecule has 1 aliphatic rings. The molecule has 0 fully saturated rings. The van der Waals surface area contributed by atoms with Gasteiger partial charge in [-0.1, -0.05) is 19.9 Å². The zero-order valence-electron chi connectivity index (χ0n) is 17.6. The van der Waals surface area contributed by atoms with Crippen molar-refractivity contribution in [2.45, 2.75) is 33.4 Å². The van der Waals surface area contributed by atoms with E-state index in [1.54, 1.807) is 24.1 Å². The van der Waals surface area contributed by atoms with Gasteiger partial charge in [-0.25, -0.2) is 0 Å². The van der Waals surface area contributed by atoms with Crippen LogP contribution in [0.4, 0.5) is 0 Å². The number of carbonyl (C=O) groups is 1. The molecule has 2 N–H and O–H groups in total. The largest absolute Gasteiger partial charge is 0.507 e. The van der Waals surface area contributed by atoms with Crippen LogP contribution < -0.4 is 4.74 Å². The van der Waals surface area contributed by atoms with E-state index in [4.69, 9.17) is 9.47 Å². The minimum Gasteiger partial charge on any atom is -0.507 e. The van der Waals surface area contributed by atoms with Crippen molar-refractivity contribution in [3.63, 3.8) is 0 Å². The number of phenolic OH excluding ortho intramolecular Hbond substituents is 1. The molecule has 0 saturated heterocycles. The zero-order valence-corrected chi connectivity index (χ0v) is 17.6. The highest BCUT2D eigenvalue weighted by molar-refractivity contribution is 6.01. The number of fused-ring (bicyclic) bond motifs is 2. The molecule has 7 heteroatoms. The Labute approximate surface area is 175 Å². The Morgan fingerprint density at radius 2 is 2.00 bits per heavy atom. The number of H-pyrrole nitrogens is 1. The molecule has 2 heterocycles. The number of nitrogens with zero attached hydrogens (tertiary/aromatic N) is 2. The van der Waals surface area contributed by atoms with Crippen molar-refractivity contribution in [2.75, 3.05) is 20.3 Å². The van der Waals surface area contributed by atoms with Crippen molar-refractivity contribution >= 4 is 16.8 Å². The summed E-state index contributed by atoms with van der Waals surface area (Å²) in [5.41, 5.74) is 4.10. The molecule has 7 nitrogen and oxygen atoms in total.